The van der Waals surface area contributed by atoms with Crippen LogP contribution in [0.5, 0.6) is 0 Å². The number of hydrogen-bond acceptors (Lipinski definition) is 3. The van der Waals surface area contributed by atoms with Gasteiger partial charge in [-0.3, -0.25) is 0 Å². The van der Waals surface area contributed by atoms with Crippen molar-refractivity contribution in [3.05, 3.63) is 29.6 Å². The Labute approximate surface area is 101 Å². The molecular formula is C13H16FN3. The lowest BCUT2D eigenvalue weighted by atomic mass is 10.2. The molecule has 0 unspecified atom stereocenters. The van der Waals surface area contributed by atoms with Gasteiger partial charge in [-0.15, -0.1) is 0 Å². The standard InChI is InChI=1S/C13H16FN3/c14-12-8-10(9-15)2-5-13(12)17-7-1-6-16-11-3-4-11/h2,5,8,11,16-17H,1,3-4,6-7H2. The predicted octanol–water partition coefficient (Wildman–Crippen LogP) is 2.25. The minimum absolute atomic E-state index is 0.350. The van der Waals surface area contributed by atoms with E-state index >= 15 is 0 Å². The van der Waals surface area contributed by atoms with Gasteiger partial charge in [0, 0.05) is 12.6 Å². The molecule has 1 aliphatic carbocycles. The van der Waals surface area contributed by atoms with Gasteiger partial charge < -0.3 is 10.6 Å². The first-order valence-corrected chi connectivity index (χ1v) is 5.96. The lowest BCUT2D eigenvalue weighted by Crippen LogP contribution is -2.20. The molecular weight excluding hydrogens is 217 g/mol. The highest BCUT2D eigenvalue weighted by molar-refractivity contribution is 5.48. The van der Waals surface area contributed by atoms with Gasteiger partial charge in [0.25, 0.3) is 0 Å². The summed E-state index contributed by atoms with van der Waals surface area (Å²) in [5, 5.41) is 15.0. The van der Waals surface area contributed by atoms with Crippen LogP contribution < -0.4 is 10.6 Å². The van der Waals surface area contributed by atoms with Gasteiger partial charge in [0.15, 0.2) is 0 Å². The van der Waals surface area contributed by atoms with E-state index < -0.39 is 0 Å². The smallest absolute Gasteiger partial charge is 0.147 e. The molecule has 0 bridgehead atoms. The summed E-state index contributed by atoms with van der Waals surface area (Å²) in [5.41, 5.74) is 0.818. The molecule has 0 amide bonds. The summed E-state index contributed by atoms with van der Waals surface area (Å²) < 4.78 is 13.5. The van der Waals surface area contributed by atoms with E-state index in [4.69, 9.17) is 5.26 Å². The third-order valence-electron chi connectivity index (χ3n) is 2.78. The van der Waals surface area contributed by atoms with Crippen molar-refractivity contribution in [2.75, 3.05) is 18.4 Å². The van der Waals surface area contributed by atoms with Crippen LogP contribution in [-0.2, 0) is 0 Å². The highest BCUT2D eigenvalue weighted by atomic mass is 19.1. The fraction of sp³-hybridized carbons (Fsp3) is 0.462. The molecule has 1 saturated carbocycles. The van der Waals surface area contributed by atoms with E-state index in [1.165, 1.54) is 18.9 Å². The molecule has 0 spiro atoms. The molecule has 2 rings (SSSR count). The van der Waals surface area contributed by atoms with E-state index in [2.05, 4.69) is 10.6 Å². The Morgan fingerprint density at radius 3 is 2.82 bits per heavy atom. The van der Waals surface area contributed by atoms with Crippen LogP contribution in [0.25, 0.3) is 0 Å². The summed E-state index contributed by atoms with van der Waals surface area (Å²) in [6.45, 7) is 1.71. The molecule has 1 aromatic rings. The normalized spacial score (nSPS) is 14.4. The highest BCUT2D eigenvalue weighted by Gasteiger charge is 2.19. The van der Waals surface area contributed by atoms with Gasteiger partial charge in [-0.1, -0.05) is 0 Å². The molecule has 90 valence electrons. The zero-order valence-electron chi connectivity index (χ0n) is 9.67. The van der Waals surface area contributed by atoms with E-state index in [0.717, 1.165) is 25.6 Å². The van der Waals surface area contributed by atoms with Crippen molar-refractivity contribution in [3.63, 3.8) is 0 Å². The molecule has 4 heteroatoms. The van der Waals surface area contributed by atoms with Gasteiger partial charge in [-0.2, -0.15) is 5.26 Å². The summed E-state index contributed by atoms with van der Waals surface area (Å²) in [6, 6.07) is 7.12. The molecule has 1 aromatic carbocycles. The van der Waals surface area contributed by atoms with Crippen LogP contribution in [-0.4, -0.2) is 19.1 Å². The first kappa shape index (κ1) is 11.9. The minimum Gasteiger partial charge on any atom is -0.383 e. The summed E-state index contributed by atoms with van der Waals surface area (Å²) in [4.78, 5) is 0. The highest BCUT2D eigenvalue weighted by Crippen LogP contribution is 2.18. The van der Waals surface area contributed by atoms with Crippen molar-refractivity contribution in [1.29, 1.82) is 5.26 Å². The summed E-state index contributed by atoms with van der Waals surface area (Å²) in [7, 11) is 0. The maximum Gasteiger partial charge on any atom is 0.147 e. The van der Waals surface area contributed by atoms with Crippen LogP contribution in [0, 0.1) is 17.1 Å². The van der Waals surface area contributed by atoms with E-state index in [9.17, 15) is 4.39 Å². The quantitative estimate of drug-likeness (QED) is 0.741. The fourth-order valence-electron chi connectivity index (χ4n) is 1.63. The van der Waals surface area contributed by atoms with Crippen LogP contribution in [0.1, 0.15) is 24.8 Å². The largest absolute Gasteiger partial charge is 0.383 e. The number of nitrogens with one attached hydrogen (secondary N) is 2. The number of nitrogens with zero attached hydrogens (tertiary/aromatic N) is 1. The summed E-state index contributed by atoms with van der Waals surface area (Å²) >= 11 is 0. The summed E-state index contributed by atoms with van der Waals surface area (Å²) in [5.74, 6) is -0.362. The number of rotatable bonds is 6. The van der Waals surface area contributed by atoms with Gasteiger partial charge in [0.1, 0.15) is 5.82 Å². The predicted molar refractivity (Wildman–Crippen MR) is 65.2 cm³/mol. The Bertz CT molecular complexity index is 421. The van der Waals surface area contributed by atoms with E-state index in [1.54, 1.807) is 12.1 Å². The molecule has 0 heterocycles. The van der Waals surface area contributed by atoms with Crippen molar-refractivity contribution in [3.8, 4) is 6.07 Å². The molecule has 0 atom stereocenters. The second-order valence-corrected chi connectivity index (χ2v) is 4.32. The molecule has 0 aliphatic heterocycles. The third kappa shape index (κ3) is 3.72. The zero-order chi connectivity index (χ0) is 12.1. The van der Waals surface area contributed by atoms with Gasteiger partial charge in [0.2, 0.25) is 0 Å². The Morgan fingerprint density at radius 2 is 2.18 bits per heavy atom. The summed E-state index contributed by atoms with van der Waals surface area (Å²) in [6.07, 6.45) is 3.55. The average Bonchev–Trinajstić information content (AvgIpc) is 3.14. The molecule has 1 aliphatic rings. The van der Waals surface area contributed by atoms with E-state index in [1.807, 2.05) is 6.07 Å². The van der Waals surface area contributed by atoms with Crippen LogP contribution in [0.3, 0.4) is 0 Å². The van der Waals surface area contributed by atoms with Crippen molar-refractivity contribution in [2.45, 2.75) is 25.3 Å². The fourth-order valence-corrected chi connectivity index (χ4v) is 1.63. The Kier molecular flexibility index (Phi) is 3.94. The number of anilines is 1. The van der Waals surface area contributed by atoms with Gasteiger partial charge in [0.05, 0.1) is 17.3 Å². The van der Waals surface area contributed by atoms with Gasteiger partial charge in [-0.25, -0.2) is 4.39 Å². The maximum atomic E-state index is 13.5. The third-order valence-corrected chi connectivity index (χ3v) is 2.78. The number of benzene rings is 1. The Morgan fingerprint density at radius 1 is 1.35 bits per heavy atom. The lowest BCUT2D eigenvalue weighted by molar-refractivity contribution is 0.625. The molecule has 1 fully saturated rings. The molecule has 0 aromatic heterocycles. The number of halogens is 1. The molecule has 0 saturated heterocycles. The van der Waals surface area contributed by atoms with Crippen molar-refractivity contribution in [2.24, 2.45) is 0 Å². The van der Waals surface area contributed by atoms with Crippen LogP contribution >= 0.6 is 0 Å². The Hall–Kier alpha value is -1.60. The van der Waals surface area contributed by atoms with Crippen LogP contribution in [0.4, 0.5) is 10.1 Å². The second-order valence-electron chi connectivity index (χ2n) is 4.32. The van der Waals surface area contributed by atoms with Crippen molar-refractivity contribution < 1.29 is 4.39 Å². The first-order valence-electron chi connectivity index (χ1n) is 5.96. The molecule has 2 N–H and O–H groups in total. The minimum atomic E-state index is -0.362. The van der Waals surface area contributed by atoms with Crippen LogP contribution in [0.15, 0.2) is 18.2 Å². The lowest BCUT2D eigenvalue weighted by Gasteiger charge is -2.08. The maximum absolute atomic E-state index is 13.5. The van der Waals surface area contributed by atoms with Crippen molar-refractivity contribution in [1.82, 2.24) is 5.32 Å². The van der Waals surface area contributed by atoms with Crippen molar-refractivity contribution >= 4 is 5.69 Å². The van der Waals surface area contributed by atoms with Crippen LogP contribution in [0.2, 0.25) is 0 Å². The number of nitriles is 1. The zero-order valence-corrected chi connectivity index (χ0v) is 9.67. The monoisotopic (exact) mass is 233 g/mol. The molecule has 0 radical (unpaired) electrons. The Balaban J connectivity index is 1.72. The average molecular weight is 233 g/mol. The SMILES string of the molecule is N#Cc1ccc(NCCCNC2CC2)c(F)c1. The van der Waals surface area contributed by atoms with E-state index in [-0.39, 0.29) is 5.82 Å². The molecule has 17 heavy (non-hydrogen) atoms. The van der Waals surface area contributed by atoms with E-state index in [0.29, 0.717) is 11.3 Å². The van der Waals surface area contributed by atoms with Gasteiger partial charge in [-0.05, 0) is 44.0 Å². The first-order chi connectivity index (χ1) is 8.29. The topological polar surface area (TPSA) is 47.9 Å². The van der Waals surface area contributed by atoms with Gasteiger partial charge >= 0.3 is 0 Å². The number of hydrogen-bond donors (Lipinski definition) is 2. The second kappa shape index (κ2) is 5.65. The molecule has 3 nitrogen and oxygen atoms in total.